The van der Waals surface area contributed by atoms with Gasteiger partial charge in [-0.05, 0) is 59.0 Å². The molecule has 0 aliphatic carbocycles. The van der Waals surface area contributed by atoms with Crippen LogP contribution in [-0.2, 0) is 0 Å². The summed E-state index contributed by atoms with van der Waals surface area (Å²) in [6.07, 6.45) is 0. The molecule has 6 heteroatoms. The molecule has 0 saturated carbocycles. The zero-order chi connectivity index (χ0) is 14.7. The van der Waals surface area contributed by atoms with Gasteiger partial charge in [0, 0.05) is 19.3 Å². The Kier molecular flexibility index (Phi) is 4.77. The lowest BCUT2D eigenvalue weighted by atomic mass is 10.1. The number of primary amides is 1. The van der Waals surface area contributed by atoms with Crippen molar-refractivity contribution < 1.29 is 9.59 Å². The van der Waals surface area contributed by atoms with E-state index in [0.717, 1.165) is 8.04 Å². The Balaban J connectivity index is 2.25. The van der Waals surface area contributed by atoms with Gasteiger partial charge in [-0.2, -0.15) is 0 Å². The molecule has 20 heavy (non-hydrogen) atoms. The lowest BCUT2D eigenvalue weighted by molar-refractivity contribution is 0.0996. The molecular weight excluding hydrogens is 435 g/mol. The summed E-state index contributed by atoms with van der Waals surface area (Å²) in [5, 5.41) is 2.75. The SMILES string of the molecule is NC(=O)c1cccc(NC(=O)c2cc(Br)ccc2I)c1. The minimum absolute atomic E-state index is 0.239. The highest BCUT2D eigenvalue weighted by Gasteiger charge is 2.11. The third-order valence-corrected chi connectivity index (χ3v) is 4.01. The Labute approximate surface area is 138 Å². The van der Waals surface area contributed by atoms with Crippen LogP contribution in [-0.4, -0.2) is 11.8 Å². The fraction of sp³-hybridized carbons (Fsp3) is 0. The molecule has 2 aromatic rings. The van der Waals surface area contributed by atoms with Gasteiger partial charge in [-0.25, -0.2) is 0 Å². The molecule has 0 aliphatic heterocycles. The average molecular weight is 445 g/mol. The van der Waals surface area contributed by atoms with Gasteiger partial charge in [-0.1, -0.05) is 22.0 Å². The molecule has 2 amide bonds. The number of nitrogens with two attached hydrogens (primary N) is 1. The molecule has 0 aliphatic rings. The first-order valence-corrected chi connectivity index (χ1v) is 7.51. The lowest BCUT2D eigenvalue weighted by Gasteiger charge is -2.08. The molecule has 102 valence electrons. The van der Waals surface area contributed by atoms with Crippen molar-refractivity contribution in [2.45, 2.75) is 0 Å². The number of carbonyl (C=O) groups excluding carboxylic acids is 2. The molecule has 0 aromatic heterocycles. The molecule has 0 atom stereocenters. The van der Waals surface area contributed by atoms with E-state index < -0.39 is 5.91 Å². The van der Waals surface area contributed by atoms with E-state index in [1.54, 1.807) is 30.3 Å². The van der Waals surface area contributed by atoms with Crippen LogP contribution in [0.25, 0.3) is 0 Å². The van der Waals surface area contributed by atoms with E-state index >= 15 is 0 Å². The molecule has 0 unspecified atom stereocenters. The zero-order valence-corrected chi connectivity index (χ0v) is 13.9. The van der Waals surface area contributed by atoms with Crippen molar-refractivity contribution in [2.24, 2.45) is 5.73 Å². The number of hydrogen-bond acceptors (Lipinski definition) is 2. The summed E-state index contributed by atoms with van der Waals surface area (Å²) in [6, 6.07) is 12.0. The average Bonchev–Trinajstić information content (AvgIpc) is 2.41. The van der Waals surface area contributed by atoms with Gasteiger partial charge in [0.05, 0.1) is 5.56 Å². The van der Waals surface area contributed by atoms with Crippen LogP contribution >= 0.6 is 38.5 Å². The molecule has 0 fully saturated rings. The standard InChI is InChI=1S/C14H10BrIN2O2/c15-9-4-5-12(16)11(7-9)14(20)18-10-3-1-2-8(6-10)13(17)19/h1-7H,(H2,17,19)(H,18,20). The predicted molar refractivity (Wildman–Crippen MR) is 89.8 cm³/mol. The zero-order valence-electron chi connectivity index (χ0n) is 10.2. The molecule has 0 heterocycles. The monoisotopic (exact) mass is 444 g/mol. The van der Waals surface area contributed by atoms with E-state index in [-0.39, 0.29) is 5.91 Å². The first-order chi connectivity index (χ1) is 9.47. The Bertz CT molecular complexity index is 689. The molecule has 2 aromatic carbocycles. The highest BCUT2D eigenvalue weighted by Crippen LogP contribution is 2.20. The largest absolute Gasteiger partial charge is 0.366 e. The van der Waals surface area contributed by atoms with E-state index in [2.05, 4.69) is 43.8 Å². The van der Waals surface area contributed by atoms with Gasteiger partial charge >= 0.3 is 0 Å². The second kappa shape index (κ2) is 6.36. The Morgan fingerprint density at radius 3 is 2.60 bits per heavy atom. The number of benzene rings is 2. The normalized spacial score (nSPS) is 10.1. The summed E-state index contributed by atoms with van der Waals surface area (Å²) in [5.41, 5.74) is 6.65. The number of hydrogen-bond donors (Lipinski definition) is 2. The summed E-state index contributed by atoms with van der Waals surface area (Å²) in [4.78, 5) is 23.3. The third-order valence-electron chi connectivity index (χ3n) is 2.58. The van der Waals surface area contributed by atoms with Gasteiger partial charge < -0.3 is 11.1 Å². The lowest BCUT2D eigenvalue weighted by Crippen LogP contribution is -2.15. The fourth-order valence-corrected chi connectivity index (χ4v) is 2.56. The van der Waals surface area contributed by atoms with Crippen molar-refractivity contribution in [1.29, 1.82) is 0 Å². The van der Waals surface area contributed by atoms with Crippen LogP contribution in [0.3, 0.4) is 0 Å². The van der Waals surface area contributed by atoms with Crippen molar-refractivity contribution >= 4 is 56.0 Å². The molecule has 2 rings (SSSR count). The summed E-state index contributed by atoms with van der Waals surface area (Å²) in [7, 11) is 0. The quantitative estimate of drug-likeness (QED) is 0.712. The van der Waals surface area contributed by atoms with Crippen molar-refractivity contribution in [3.63, 3.8) is 0 Å². The Morgan fingerprint density at radius 2 is 1.90 bits per heavy atom. The first-order valence-electron chi connectivity index (χ1n) is 5.63. The van der Waals surface area contributed by atoms with Crippen molar-refractivity contribution in [1.82, 2.24) is 0 Å². The summed E-state index contributed by atoms with van der Waals surface area (Å²) in [5.74, 6) is -0.768. The molecule has 3 N–H and O–H groups in total. The van der Waals surface area contributed by atoms with Gasteiger partial charge in [0.25, 0.3) is 5.91 Å². The minimum Gasteiger partial charge on any atom is -0.366 e. The smallest absolute Gasteiger partial charge is 0.256 e. The Morgan fingerprint density at radius 1 is 1.15 bits per heavy atom. The highest BCUT2D eigenvalue weighted by atomic mass is 127. The van der Waals surface area contributed by atoms with E-state index in [1.165, 1.54) is 0 Å². The maximum Gasteiger partial charge on any atom is 0.256 e. The fourth-order valence-electron chi connectivity index (χ4n) is 1.62. The predicted octanol–water partition coefficient (Wildman–Crippen LogP) is 3.40. The van der Waals surface area contributed by atoms with Crippen LogP contribution in [0.5, 0.6) is 0 Å². The van der Waals surface area contributed by atoms with Crippen LogP contribution in [0.15, 0.2) is 46.9 Å². The number of rotatable bonds is 3. The number of halogens is 2. The molecule has 0 radical (unpaired) electrons. The summed E-state index contributed by atoms with van der Waals surface area (Å²) < 4.78 is 1.67. The van der Waals surface area contributed by atoms with Gasteiger partial charge in [0.1, 0.15) is 0 Å². The molecule has 0 bridgehead atoms. The second-order valence-electron chi connectivity index (χ2n) is 4.02. The van der Waals surface area contributed by atoms with Gasteiger partial charge in [0.15, 0.2) is 0 Å². The van der Waals surface area contributed by atoms with E-state index in [4.69, 9.17) is 5.73 Å². The topological polar surface area (TPSA) is 72.2 Å². The van der Waals surface area contributed by atoms with Crippen LogP contribution < -0.4 is 11.1 Å². The van der Waals surface area contributed by atoms with E-state index in [1.807, 2.05) is 12.1 Å². The van der Waals surface area contributed by atoms with Crippen LogP contribution in [0.1, 0.15) is 20.7 Å². The van der Waals surface area contributed by atoms with Crippen molar-refractivity contribution in [2.75, 3.05) is 5.32 Å². The van der Waals surface area contributed by atoms with Crippen LogP contribution in [0.2, 0.25) is 0 Å². The number of carbonyl (C=O) groups is 2. The van der Waals surface area contributed by atoms with Gasteiger partial charge in [0.2, 0.25) is 5.91 Å². The van der Waals surface area contributed by atoms with Crippen molar-refractivity contribution in [3.8, 4) is 0 Å². The summed E-state index contributed by atoms with van der Waals surface area (Å²) in [6.45, 7) is 0. The van der Waals surface area contributed by atoms with Crippen LogP contribution in [0, 0.1) is 3.57 Å². The van der Waals surface area contributed by atoms with Gasteiger partial charge in [-0.15, -0.1) is 0 Å². The number of amides is 2. The molecule has 4 nitrogen and oxygen atoms in total. The summed E-state index contributed by atoms with van der Waals surface area (Å²) >= 11 is 5.43. The molecule has 0 saturated heterocycles. The van der Waals surface area contributed by atoms with E-state index in [0.29, 0.717) is 16.8 Å². The second-order valence-corrected chi connectivity index (χ2v) is 6.10. The highest BCUT2D eigenvalue weighted by molar-refractivity contribution is 14.1. The maximum absolute atomic E-state index is 12.2. The number of anilines is 1. The third kappa shape index (κ3) is 3.57. The Hall–Kier alpha value is -1.41. The minimum atomic E-state index is -0.530. The molecular formula is C14H10BrIN2O2. The van der Waals surface area contributed by atoms with Gasteiger partial charge in [-0.3, -0.25) is 9.59 Å². The van der Waals surface area contributed by atoms with Crippen molar-refractivity contribution in [3.05, 3.63) is 61.6 Å². The van der Waals surface area contributed by atoms with Crippen LogP contribution in [0.4, 0.5) is 5.69 Å². The number of nitrogens with one attached hydrogen (secondary N) is 1. The molecule has 0 spiro atoms. The maximum atomic E-state index is 12.2. The van der Waals surface area contributed by atoms with E-state index in [9.17, 15) is 9.59 Å². The first kappa shape index (κ1) is 15.0.